The van der Waals surface area contributed by atoms with Gasteiger partial charge in [-0.15, -0.1) is 0 Å². The second-order valence-corrected chi connectivity index (χ2v) is 4.09. The SMILES string of the molecule is CCC[N+](C)(CC)COCC.COCC(=O)[O-]. The number of rotatable bonds is 8. The van der Waals surface area contributed by atoms with Crippen LogP contribution < -0.4 is 5.11 Å². The van der Waals surface area contributed by atoms with E-state index in [2.05, 4.69) is 25.6 Å². The zero-order chi connectivity index (χ0) is 13.7. The minimum atomic E-state index is -1.18. The van der Waals surface area contributed by atoms with E-state index in [0.717, 1.165) is 24.4 Å². The second-order valence-electron chi connectivity index (χ2n) is 4.09. The van der Waals surface area contributed by atoms with Crippen LogP contribution in [0.25, 0.3) is 0 Å². The Labute approximate surface area is 105 Å². The molecule has 0 fully saturated rings. The number of quaternary nitrogens is 1. The van der Waals surface area contributed by atoms with Crippen LogP contribution in [-0.2, 0) is 14.3 Å². The van der Waals surface area contributed by atoms with Crippen LogP contribution in [-0.4, -0.2) is 57.6 Å². The Balaban J connectivity index is 0. The van der Waals surface area contributed by atoms with Crippen molar-refractivity contribution in [2.75, 3.05) is 47.2 Å². The predicted octanol–water partition coefficient (Wildman–Crippen LogP) is 0.240. The first-order chi connectivity index (χ1) is 7.95. The number of methoxy groups -OCH3 is 1. The van der Waals surface area contributed by atoms with Gasteiger partial charge in [0.05, 0.1) is 32.7 Å². The van der Waals surface area contributed by atoms with Crippen LogP contribution in [0.5, 0.6) is 0 Å². The van der Waals surface area contributed by atoms with Gasteiger partial charge in [0, 0.05) is 13.7 Å². The maximum Gasteiger partial charge on any atom is 0.182 e. The van der Waals surface area contributed by atoms with Crippen molar-refractivity contribution in [2.24, 2.45) is 0 Å². The Morgan fingerprint density at radius 3 is 2.12 bits per heavy atom. The molecule has 17 heavy (non-hydrogen) atoms. The largest absolute Gasteiger partial charge is 0.548 e. The molecule has 0 radical (unpaired) electrons. The standard InChI is InChI=1S/C9H22NO.C3H6O3/c1-5-8-10(4,6-2)9-11-7-3;1-6-2-3(4)5/h5-9H2,1-4H3;2H2,1H3,(H,4,5)/q+1;/p-1. The third kappa shape index (κ3) is 13.3. The van der Waals surface area contributed by atoms with Crippen molar-refractivity contribution >= 4 is 5.97 Å². The molecule has 5 nitrogen and oxygen atoms in total. The molecule has 0 saturated heterocycles. The summed E-state index contributed by atoms with van der Waals surface area (Å²) in [6.07, 6.45) is 1.23. The Morgan fingerprint density at radius 2 is 1.88 bits per heavy atom. The molecule has 0 aliphatic heterocycles. The summed E-state index contributed by atoms with van der Waals surface area (Å²) in [6.45, 7) is 10.2. The van der Waals surface area contributed by atoms with Gasteiger partial charge in [0.15, 0.2) is 6.73 Å². The number of carboxylic acids is 1. The lowest BCUT2D eigenvalue weighted by atomic mass is 10.4. The maximum absolute atomic E-state index is 9.36. The fraction of sp³-hybridized carbons (Fsp3) is 0.917. The number of aliphatic carboxylic acids is 1. The molecule has 0 heterocycles. The number of ether oxygens (including phenoxy) is 2. The molecule has 0 aromatic heterocycles. The summed E-state index contributed by atoms with van der Waals surface area (Å²) < 4.78 is 10.6. The maximum atomic E-state index is 9.36. The number of carbonyl (C=O) groups excluding carboxylic acids is 1. The van der Waals surface area contributed by atoms with Crippen LogP contribution in [0, 0.1) is 0 Å². The van der Waals surface area contributed by atoms with Crippen molar-refractivity contribution in [3.05, 3.63) is 0 Å². The van der Waals surface area contributed by atoms with Gasteiger partial charge < -0.3 is 23.9 Å². The van der Waals surface area contributed by atoms with Crippen molar-refractivity contribution in [3.8, 4) is 0 Å². The average molecular weight is 249 g/mol. The van der Waals surface area contributed by atoms with E-state index in [1.165, 1.54) is 20.1 Å². The molecule has 0 aromatic carbocycles. The summed E-state index contributed by atoms with van der Waals surface area (Å²) in [5, 5.41) is 9.36. The minimum Gasteiger partial charge on any atom is -0.548 e. The highest BCUT2D eigenvalue weighted by atomic mass is 16.5. The van der Waals surface area contributed by atoms with Gasteiger partial charge in [-0.05, 0) is 20.3 Å². The zero-order valence-electron chi connectivity index (χ0n) is 11.8. The van der Waals surface area contributed by atoms with Gasteiger partial charge in [0.1, 0.15) is 0 Å². The molecule has 0 saturated carbocycles. The van der Waals surface area contributed by atoms with Crippen molar-refractivity contribution in [1.29, 1.82) is 0 Å². The summed E-state index contributed by atoms with van der Waals surface area (Å²) in [5.41, 5.74) is 0. The first kappa shape index (κ1) is 18.7. The molecule has 0 aliphatic carbocycles. The highest BCUT2D eigenvalue weighted by Gasteiger charge is 2.16. The van der Waals surface area contributed by atoms with Crippen LogP contribution in [0.4, 0.5) is 0 Å². The molecule has 0 rings (SSSR count). The monoisotopic (exact) mass is 249 g/mol. The lowest BCUT2D eigenvalue weighted by Gasteiger charge is -2.32. The van der Waals surface area contributed by atoms with Gasteiger partial charge in [0.2, 0.25) is 0 Å². The van der Waals surface area contributed by atoms with Crippen molar-refractivity contribution < 1.29 is 23.9 Å². The van der Waals surface area contributed by atoms with E-state index in [4.69, 9.17) is 4.74 Å². The number of hydrogen-bond donors (Lipinski definition) is 0. The predicted molar refractivity (Wildman–Crippen MR) is 65.3 cm³/mol. The van der Waals surface area contributed by atoms with Gasteiger partial charge in [-0.2, -0.15) is 0 Å². The Kier molecular flexibility index (Phi) is 13.0. The molecule has 1 atom stereocenters. The Morgan fingerprint density at radius 1 is 1.29 bits per heavy atom. The van der Waals surface area contributed by atoms with E-state index < -0.39 is 5.97 Å². The number of nitrogens with zero attached hydrogens (tertiary/aromatic N) is 1. The lowest BCUT2D eigenvalue weighted by molar-refractivity contribution is -0.926. The zero-order valence-corrected chi connectivity index (χ0v) is 11.8. The van der Waals surface area contributed by atoms with Crippen LogP contribution in [0.15, 0.2) is 0 Å². The normalized spacial score (nSPS) is 13.5. The third-order valence-electron chi connectivity index (χ3n) is 2.40. The first-order valence-electron chi connectivity index (χ1n) is 6.05. The summed E-state index contributed by atoms with van der Waals surface area (Å²) >= 11 is 0. The Hall–Kier alpha value is -0.650. The molecular weight excluding hydrogens is 222 g/mol. The molecule has 1 unspecified atom stereocenters. The fourth-order valence-corrected chi connectivity index (χ4v) is 1.28. The average Bonchev–Trinajstić information content (AvgIpc) is 2.27. The summed E-state index contributed by atoms with van der Waals surface area (Å²) in [6, 6.07) is 0. The Bertz CT molecular complexity index is 187. The highest BCUT2D eigenvalue weighted by molar-refractivity contribution is 5.65. The number of carboxylic acid groups (broad SMARTS) is 1. The molecule has 5 heteroatoms. The molecule has 0 aliphatic rings. The van der Waals surface area contributed by atoms with E-state index in [0.29, 0.717) is 0 Å². The third-order valence-corrected chi connectivity index (χ3v) is 2.40. The van der Waals surface area contributed by atoms with E-state index in [-0.39, 0.29) is 6.61 Å². The van der Waals surface area contributed by atoms with E-state index in [1.54, 1.807) is 0 Å². The van der Waals surface area contributed by atoms with Gasteiger partial charge in [-0.25, -0.2) is 0 Å². The van der Waals surface area contributed by atoms with Gasteiger partial charge in [0.25, 0.3) is 0 Å². The summed E-state index contributed by atoms with van der Waals surface area (Å²) in [7, 11) is 3.55. The van der Waals surface area contributed by atoms with Gasteiger partial charge in [-0.1, -0.05) is 6.92 Å². The summed E-state index contributed by atoms with van der Waals surface area (Å²) in [4.78, 5) is 9.36. The van der Waals surface area contributed by atoms with E-state index >= 15 is 0 Å². The molecule has 0 N–H and O–H groups in total. The molecule has 0 bridgehead atoms. The van der Waals surface area contributed by atoms with Crippen molar-refractivity contribution in [2.45, 2.75) is 27.2 Å². The van der Waals surface area contributed by atoms with Crippen LogP contribution in [0.1, 0.15) is 27.2 Å². The van der Waals surface area contributed by atoms with Crippen LogP contribution in [0.3, 0.4) is 0 Å². The first-order valence-corrected chi connectivity index (χ1v) is 6.05. The number of hydrogen-bond acceptors (Lipinski definition) is 4. The number of carbonyl (C=O) groups is 1. The van der Waals surface area contributed by atoms with Crippen LogP contribution in [0.2, 0.25) is 0 Å². The smallest absolute Gasteiger partial charge is 0.182 e. The molecule has 0 amide bonds. The quantitative estimate of drug-likeness (QED) is 0.457. The minimum absolute atomic E-state index is 0.319. The highest BCUT2D eigenvalue weighted by Crippen LogP contribution is 2.03. The second kappa shape index (κ2) is 11.8. The van der Waals surface area contributed by atoms with Crippen LogP contribution >= 0.6 is 0 Å². The lowest BCUT2D eigenvalue weighted by Crippen LogP contribution is -2.46. The summed E-state index contributed by atoms with van der Waals surface area (Å²) in [5.74, 6) is -1.18. The molecule has 104 valence electrons. The van der Waals surface area contributed by atoms with Gasteiger partial charge in [-0.3, -0.25) is 0 Å². The van der Waals surface area contributed by atoms with Crippen molar-refractivity contribution in [1.82, 2.24) is 0 Å². The van der Waals surface area contributed by atoms with Gasteiger partial charge >= 0.3 is 0 Å². The van der Waals surface area contributed by atoms with E-state index in [1.807, 2.05) is 6.92 Å². The van der Waals surface area contributed by atoms with Crippen molar-refractivity contribution in [3.63, 3.8) is 0 Å². The molecular formula is C12H27NO4. The topological polar surface area (TPSA) is 58.6 Å². The fourth-order valence-electron chi connectivity index (χ4n) is 1.28. The van der Waals surface area contributed by atoms with E-state index in [9.17, 15) is 9.90 Å². The molecule has 0 aromatic rings. The molecule has 0 spiro atoms.